The lowest BCUT2D eigenvalue weighted by Crippen LogP contribution is -2.51. The van der Waals surface area contributed by atoms with Crippen LogP contribution in [0.25, 0.3) is 0 Å². The van der Waals surface area contributed by atoms with Crippen LogP contribution in [0.3, 0.4) is 0 Å². The molecule has 4 aromatic carbocycles. The van der Waals surface area contributed by atoms with Gasteiger partial charge in [-0.2, -0.15) is 0 Å². The number of imide groups is 1. The maximum absolute atomic E-state index is 14.4. The van der Waals surface area contributed by atoms with E-state index in [0.29, 0.717) is 12.8 Å². The fourth-order valence-corrected chi connectivity index (χ4v) is 6.05. The molecule has 1 saturated heterocycles. The van der Waals surface area contributed by atoms with Gasteiger partial charge in [0, 0.05) is 11.8 Å². The van der Waals surface area contributed by atoms with Crippen molar-refractivity contribution in [3.8, 4) is 0 Å². The van der Waals surface area contributed by atoms with E-state index in [9.17, 15) is 14.4 Å². The van der Waals surface area contributed by atoms with Gasteiger partial charge in [0.25, 0.3) is 5.91 Å². The summed E-state index contributed by atoms with van der Waals surface area (Å²) in [5.41, 5.74) is 2.62. The highest BCUT2D eigenvalue weighted by Crippen LogP contribution is 2.53. The van der Waals surface area contributed by atoms with E-state index < -0.39 is 17.5 Å². The first-order valence-corrected chi connectivity index (χ1v) is 14.0. The maximum atomic E-state index is 14.4. The summed E-state index contributed by atoms with van der Waals surface area (Å²) in [7, 11) is 0. The van der Waals surface area contributed by atoms with E-state index in [1.54, 1.807) is 0 Å². The summed E-state index contributed by atoms with van der Waals surface area (Å²) < 4.78 is 5.67. The van der Waals surface area contributed by atoms with Gasteiger partial charge in [0.05, 0.1) is 12.5 Å². The zero-order valence-corrected chi connectivity index (χ0v) is 22.7. The lowest BCUT2D eigenvalue weighted by Gasteiger charge is -2.32. The predicted octanol–water partition coefficient (Wildman–Crippen LogP) is 6.08. The molecule has 2 aliphatic rings. The summed E-state index contributed by atoms with van der Waals surface area (Å²) in [6, 6.07) is 38.6. The molecular weight excluding hydrogens is 512 g/mol. The average Bonchev–Trinajstić information content (AvgIpc) is 3.80. The number of nitrogens with zero attached hydrogens (tertiary/aromatic N) is 1. The van der Waals surface area contributed by atoms with Crippen molar-refractivity contribution in [2.75, 3.05) is 0 Å². The monoisotopic (exact) mass is 544 g/mol. The van der Waals surface area contributed by atoms with Gasteiger partial charge >= 0.3 is 12.0 Å². The van der Waals surface area contributed by atoms with Crippen LogP contribution < -0.4 is 5.32 Å². The molecule has 1 saturated carbocycles. The molecule has 2 fully saturated rings. The normalized spacial score (nSPS) is 21.5. The molecule has 206 valence electrons. The fraction of sp³-hybridized carbons (Fsp3) is 0.229. The summed E-state index contributed by atoms with van der Waals surface area (Å²) in [6.45, 7) is 0.345. The standard InChI is InChI=1S/C35H32N2O4/c38-32(41-24-26-15-7-2-8-16-26)29-21-31(29)35(33(39)37(34(40)36-35)23-25-13-5-1-6-14-25)22-30(27-17-9-3-10-18-27)28-19-11-4-12-20-28/h1-20,29-31H,21-24H2,(H,36,40)/t29-,31-,35-/m0/s1. The van der Waals surface area contributed by atoms with E-state index in [-0.39, 0.29) is 36.9 Å². The molecule has 0 unspecified atom stereocenters. The Morgan fingerprint density at radius 2 is 1.29 bits per heavy atom. The SMILES string of the molecule is O=C(OCc1ccccc1)[C@H]1C[C@@H]1[C@]1(CC(c2ccccc2)c2ccccc2)NC(=O)N(Cc2ccccc2)C1=O. The van der Waals surface area contributed by atoms with E-state index >= 15 is 0 Å². The molecule has 0 aromatic heterocycles. The van der Waals surface area contributed by atoms with Crippen molar-refractivity contribution in [3.05, 3.63) is 144 Å². The molecule has 1 aliphatic carbocycles. The number of esters is 1. The van der Waals surface area contributed by atoms with Crippen LogP contribution in [0, 0.1) is 11.8 Å². The second-order valence-electron chi connectivity index (χ2n) is 10.9. The molecule has 1 aliphatic heterocycles. The molecule has 41 heavy (non-hydrogen) atoms. The van der Waals surface area contributed by atoms with Crippen LogP contribution in [0.4, 0.5) is 4.79 Å². The topological polar surface area (TPSA) is 75.7 Å². The summed E-state index contributed by atoms with van der Waals surface area (Å²) in [4.78, 5) is 42.3. The number of hydrogen-bond acceptors (Lipinski definition) is 4. The number of urea groups is 1. The molecule has 0 bridgehead atoms. The van der Waals surface area contributed by atoms with Crippen LogP contribution in [0.2, 0.25) is 0 Å². The van der Waals surface area contributed by atoms with Gasteiger partial charge in [0.2, 0.25) is 0 Å². The predicted molar refractivity (Wildman–Crippen MR) is 155 cm³/mol. The quantitative estimate of drug-likeness (QED) is 0.194. The maximum Gasteiger partial charge on any atom is 0.325 e. The lowest BCUT2D eigenvalue weighted by molar-refractivity contribution is -0.147. The first-order chi connectivity index (χ1) is 20.0. The van der Waals surface area contributed by atoms with E-state index in [0.717, 1.165) is 22.3 Å². The van der Waals surface area contributed by atoms with Crippen molar-refractivity contribution in [2.45, 2.75) is 37.5 Å². The Morgan fingerprint density at radius 3 is 1.85 bits per heavy atom. The Balaban J connectivity index is 1.32. The van der Waals surface area contributed by atoms with Gasteiger partial charge in [-0.3, -0.25) is 14.5 Å². The Kier molecular flexibility index (Phi) is 7.38. The molecule has 0 spiro atoms. The highest BCUT2D eigenvalue weighted by atomic mass is 16.5. The van der Waals surface area contributed by atoms with Gasteiger partial charge in [0.15, 0.2) is 0 Å². The molecule has 1 heterocycles. The number of nitrogens with one attached hydrogen (secondary N) is 1. The van der Waals surface area contributed by atoms with Crippen molar-refractivity contribution in [1.82, 2.24) is 10.2 Å². The Bertz CT molecular complexity index is 1470. The van der Waals surface area contributed by atoms with E-state index in [2.05, 4.69) is 5.32 Å². The molecule has 0 radical (unpaired) electrons. The molecule has 6 rings (SSSR count). The van der Waals surface area contributed by atoms with Gasteiger partial charge in [-0.25, -0.2) is 4.79 Å². The van der Waals surface area contributed by atoms with Crippen molar-refractivity contribution >= 4 is 17.9 Å². The van der Waals surface area contributed by atoms with Crippen molar-refractivity contribution < 1.29 is 19.1 Å². The molecule has 3 amide bonds. The molecule has 6 nitrogen and oxygen atoms in total. The van der Waals surface area contributed by atoms with Gasteiger partial charge in [-0.05, 0) is 35.1 Å². The molecular formula is C35H32N2O4. The van der Waals surface area contributed by atoms with E-state index in [1.165, 1.54) is 4.90 Å². The number of benzene rings is 4. The van der Waals surface area contributed by atoms with Crippen LogP contribution >= 0.6 is 0 Å². The number of carbonyl (C=O) groups is 3. The molecule has 3 atom stereocenters. The number of hydrogen-bond donors (Lipinski definition) is 1. The first kappa shape index (κ1) is 26.5. The Labute approximate surface area is 240 Å². The fourth-order valence-electron chi connectivity index (χ4n) is 6.05. The van der Waals surface area contributed by atoms with Crippen molar-refractivity contribution in [2.24, 2.45) is 11.8 Å². The van der Waals surface area contributed by atoms with Gasteiger partial charge in [-0.1, -0.05) is 121 Å². The second-order valence-corrected chi connectivity index (χ2v) is 10.9. The third-order valence-corrected chi connectivity index (χ3v) is 8.27. The highest BCUT2D eigenvalue weighted by molar-refractivity contribution is 6.08. The third-order valence-electron chi connectivity index (χ3n) is 8.27. The Hall–Kier alpha value is -4.71. The van der Waals surface area contributed by atoms with Crippen molar-refractivity contribution in [1.29, 1.82) is 0 Å². The summed E-state index contributed by atoms with van der Waals surface area (Å²) in [5, 5.41) is 3.11. The first-order valence-electron chi connectivity index (χ1n) is 14.0. The average molecular weight is 545 g/mol. The Morgan fingerprint density at radius 1 is 0.780 bits per heavy atom. The molecule has 4 aromatic rings. The highest BCUT2D eigenvalue weighted by Gasteiger charge is 2.65. The molecule has 6 heteroatoms. The molecule has 1 N–H and O–H groups in total. The third kappa shape index (κ3) is 5.50. The minimum atomic E-state index is -1.24. The van der Waals surface area contributed by atoms with E-state index in [4.69, 9.17) is 4.74 Å². The number of ether oxygens (including phenoxy) is 1. The number of carbonyl (C=O) groups excluding carboxylic acids is 3. The van der Waals surface area contributed by atoms with Crippen LogP contribution in [-0.4, -0.2) is 28.3 Å². The summed E-state index contributed by atoms with van der Waals surface area (Å²) in [5.74, 6) is -1.62. The zero-order valence-electron chi connectivity index (χ0n) is 22.7. The van der Waals surface area contributed by atoms with Crippen LogP contribution in [0.15, 0.2) is 121 Å². The van der Waals surface area contributed by atoms with Crippen molar-refractivity contribution in [3.63, 3.8) is 0 Å². The summed E-state index contributed by atoms with van der Waals surface area (Å²) in [6.07, 6.45) is 0.819. The number of rotatable bonds is 10. The van der Waals surface area contributed by atoms with Crippen LogP contribution in [-0.2, 0) is 27.5 Å². The van der Waals surface area contributed by atoms with Gasteiger partial charge < -0.3 is 10.1 Å². The number of amides is 3. The van der Waals surface area contributed by atoms with Gasteiger partial charge in [-0.15, -0.1) is 0 Å². The second kappa shape index (κ2) is 11.4. The van der Waals surface area contributed by atoms with Crippen LogP contribution in [0.1, 0.15) is 41.0 Å². The smallest absolute Gasteiger partial charge is 0.325 e. The minimum absolute atomic E-state index is 0.167. The summed E-state index contributed by atoms with van der Waals surface area (Å²) >= 11 is 0. The van der Waals surface area contributed by atoms with Gasteiger partial charge in [0.1, 0.15) is 12.1 Å². The van der Waals surface area contributed by atoms with Crippen LogP contribution in [0.5, 0.6) is 0 Å². The zero-order chi connectivity index (χ0) is 28.2. The largest absolute Gasteiger partial charge is 0.461 e. The minimum Gasteiger partial charge on any atom is -0.461 e. The lowest BCUT2D eigenvalue weighted by atomic mass is 9.76. The van der Waals surface area contributed by atoms with E-state index in [1.807, 2.05) is 121 Å².